The van der Waals surface area contributed by atoms with Gasteiger partial charge in [-0.1, -0.05) is 26.2 Å². The van der Waals surface area contributed by atoms with Crippen LogP contribution in [-0.2, 0) is 9.53 Å². The van der Waals surface area contributed by atoms with Crippen LogP contribution in [0.15, 0.2) is 18.2 Å². The van der Waals surface area contributed by atoms with Crippen LogP contribution < -0.4 is 10.1 Å². The third-order valence-electron chi connectivity index (χ3n) is 3.80. The van der Waals surface area contributed by atoms with Crippen LogP contribution in [0.1, 0.15) is 52.0 Å². The molecule has 23 heavy (non-hydrogen) atoms. The van der Waals surface area contributed by atoms with E-state index in [1.54, 1.807) is 25.1 Å². The van der Waals surface area contributed by atoms with E-state index in [0.29, 0.717) is 30.0 Å². The number of methoxy groups -OCH3 is 1. The molecule has 1 N–H and O–H groups in total. The van der Waals surface area contributed by atoms with Crippen molar-refractivity contribution in [2.24, 2.45) is 0 Å². The Morgan fingerprint density at radius 2 is 2.09 bits per heavy atom. The summed E-state index contributed by atoms with van der Waals surface area (Å²) >= 11 is 0. The zero-order valence-electron chi connectivity index (χ0n) is 14.4. The largest absolute Gasteiger partial charge is 0.497 e. The lowest BCUT2D eigenvalue weighted by atomic mass is 9.96. The predicted molar refractivity (Wildman–Crippen MR) is 90.5 cm³/mol. The monoisotopic (exact) mass is 318 g/mol. The van der Waals surface area contributed by atoms with Gasteiger partial charge >= 0.3 is 0 Å². The van der Waals surface area contributed by atoms with E-state index in [0.717, 1.165) is 19.3 Å². The summed E-state index contributed by atoms with van der Waals surface area (Å²) in [6.07, 6.45) is 3.72. The topological polar surface area (TPSA) is 71.3 Å². The van der Waals surface area contributed by atoms with Crippen LogP contribution in [0.2, 0.25) is 0 Å². The zero-order chi connectivity index (χ0) is 17.3. The molecule has 0 fully saturated rings. The first-order valence-electron chi connectivity index (χ1n) is 8.04. The molecule has 5 heteroatoms. The fraction of sp³-hybridized carbons (Fsp3) is 0.556. The summed E-state index contributed by atoms with van der Waals surface area (Å²) in [7, 11) is 1.54. The van der Waals surface area contributed by atoms with Crippen LogP contribution in [-0.4, -0.2) is 25.2 Å². The summed E-state index contributed by atoms with van der Waals surface area (Å²) in [4.78, 5) is 12.7. The highest BCUT2D eigenvalue weighted by Gasteiger charge is 2.33. The summed E-state index contributed by atoms with van der Waals surface area (Å²) in [6, 6.07) is 7.07. The van der Waals surface area contributed by atoms with Crippen molar-refractivity contribution >= 4 is 11.6 Å². The number of ether oxygens (including phenoxy) is 2. The molecule has 0 aliphatic carbocycles. The van der Waals surface area contributed by atoms with Gasteiger partial charge in [-0.2, -0.15) is 5.26 Å². The average molecular weight is 318 g/mol. The van der Waals surface area contributed by atoms with Crippen molar-refractivity contribution < 1.29 is 14.3 Å². The van der Waals surface area contributed by atoms with E-state index in [1.165, 1.54) is 7.11 Å². The van der Waals surface area contributed by atoms with E-state index < -0.39 is 5.60 Å². The van der Waals surface area contributed by atoms with E-state index in [2.05, 4.69) is 18.3 Å². The minimum atomic E-state index is -0.892. The Hall–Kier alpha value is -2.06. The minimum Gasteiger partial charge on any atom is -0.497 e. The van der Waals surface area contributed by atoms with E-state index >= 15 is 0 Å². The molecule has 0 heterocycles. The molecule has 0 aromatic heterocycles. The van der Waals surface area contributed by atoms with Crippen molar-refractivity contribution in [1.29, 1.82) is 5.26 Å². The van der Waals surface area contributed by atoms with Gasteiger partial charge in [-0.25, -0.2) is 0 Å². The molecule has 0 aliphatic rings. The normalized spacial score (nSPS) is 13.0. The molecule has 1 atom stereocenters. The molecule has 0 bridgehead atoms. The molecule has 126 valence electrons. The molecule has 5 nitrogen and oxygen atoms in total. The average Bonchev–Trinajstić information content (AvgIpc) is 2.55. The highest BCUT2D eigenvalue weighted by molar-refractivity contribution is 5.98. The molecule has 1 amide bonds. The van der Waals surface area contributed by atoms with E-state index in [9.17, 15) is 10.1 Å². The number of amides is 1. The van der Waals surface area contributed by atoms with E-state index in [4.69, 9.17) is 9.47 Å². The minimum absolute atomic E-state index is 0.225. The van der Waals surface area contributed by atoms with Gasteiger partial charge in [0.05, 0.1) is 18.4 Å². The number of carbonyl (C=O) groups is 1. The summed E-state index contributed by atoms with van der Waals surface area (Å²) in [6.45, 7) is 6.26. The van der Waals surface area contributed by atoms with Crippen LogP contribution >= 0.6 is 0 Å². The molecule has 1 aromatic carbocycles. The van der Waals surface area contributed by atoms with Gasteiger partial charge in [-0.15, -0.1) is 0 Å². The fourth-order valence-electron chi connectivity index (χ4n) is 2.39. The second kappa shape index (κ2) is 9.16. The Bertz CT molecular complexity index is 566. The number of unbranched alkanes of at least 4 members (excludes halogenated alkanes) is 2. The number of hydrogen-bond donors (Lipinski definition) is 1. The number of benzene rings is 1. The van der Waals surface area contributed by atoms with Gasteiger partial charge in [0.1, 0.15) is 17.4 Å². The SMILES string of the molecule is CCCCC[C@@](C)(OCC)C(=O)Nc1ccc(OC)cc1C#N. The van der Waals surface area contributed by atoms with Crippen molar-refractivity contribution in [1.82, 2.24) is 0 Å². The third-order valence-corrected chi connectivity index (χ3v) is 3.80. The van der Waals surface area contributed by atoms with Crippen LogP contribution in [0.5, 0.6) is 5.75 Å². The smallest absolute Gasteiger partial charge is 0.256 e. The molecule has 0 saturated heterocycles. The van der Waals surface area contributed by atoms with Crippen molar-refractivity contribution in [2.45, 2.75) is 52.1 Å². The van der Waals surface area contributed by atoms with Gasteiger partial charge in [-0.3, -0.25) is 4.79 Å². The summed E-state index contributed by atoms with van der Waals surface area (Å²) in [5.74, 6) is 0.354. The Labute approximate surface area is 138 Å². The molecular formula is C18H26N2O3. The van der Waals surface area contributed by atoms with Crippen molar-refractivity contribution in [3.63, 3.8) is 0 Å². The first-order chi connectivity index (χ1) is 11.0. The molecule has 0 spiro atoms. The lowest BCUT2D eigenvalue weighted by molar-refractivity contribution is -0.139. The standard InChI is InChI=1S/C18H26N2O3/c1-5-7-8-11-18(3,23-6-2)17(21)20-16-10-9-15(22-4)12-14(16)13-19/h9-10,12H,5-8,11H2,1-4H3,(H,20,21)/t18-/m1/s1. The number of rotatable bonds is 9. The zero-order valence-corrected chi connectivity index (χ0v) is 14.4. The second-order valence-corrected chi connectivity index (χ2v) is 5.60. The van der Waals surface area contributed by atoms with Crippen LogP contribution in [0.4, 0.5) is 5.69 Å². The predicted octanol–water partition coefficient (Wildman–Crippen LogP) is 3.88. The molecule has 0 saturated carbocycles. The molecule has 1 aromatic rings. The van der Waals surface area contributed by atoms with Gasteiger partial charge in [-0.05, 0) is 38.5 Å². The van der Waals surface area contributed by atoms with Gasteiger partial charge in [0.25, 0.3) is 5.91 Å². The number of nitrogens with zero attached hydrogens (tertiary/aromatic N) is 1. The number of nitrogens with one attached hydrogen (secondary N) is 1. The Balaban J connectivity index is 2.92. The quantitative estimate of drug-likeness (QED) is 0.701. The van der Waals surface area contributed by atoms with E-state index in [1.807, 2.05) is 6.92 Å². The highest BCUT2D eigenvalue weighted by atomic mass is 16.5. The molecule has 0 aliphatic heterocycles. The molecular weight excluding hydrogens is 292 g/mol. The van der Waals surface area contributed by atoms with Crippen LogP contribution in [0, 0.1) is 11.3 Å². The lowest BCUT2D eigenvalue weighted by Gasteiger charge is -2.28. The summed E-state index contributed by atoms with van der Waals surface area (Å²) in [5, 5.41) is 12.1. The first kappa shape index (κ1) is 19.0. The van der Waals surface area contributed by atoms with Crippen molar-refractivity contribution in [3.8, 4) is 11.8 Å². The Morgan fingerprint density at radius 3 is 2.65 bits per heavy atom. The summed E-state index contributed by atoms with van der Waals surface area (Å²) in [5.41, 5.74) is -0.0545. The molecule has 0 radical (unpaired) electrons. The molecule has 0 unspecified atom stereocenters. The van der Waals surface area contributed by atoms with E-state index in [-0.39, 0.29) is 5.91 Å². The summed E-state index contributed by atoms with van der Waals surface area (Å²) < 4.78 is 10.8. The van der Waals surface area contributed by atoms with Gasteiger partial charge in [0.2, 0.25) is 0 Å². The number of carbonyl (C=O) groups excluding carboxylic acids is 1. The number of anilines is 1. The van der Waals surface area contributed by atoms with Gasteiger partial charge in [0, 0.05) is 6.61 Å². The lowest BCUT2D eigenvalue weighted by Crippen LogP contribution is -2.43. The van der Waals surface area contributed by atoms with Crippen LogP contribution in [0.25, 0.3) is 0 Å². The van der Waals surface area contributed by atoms with Gasteiger partial charge in [0.15, 0.2) is 0 Å². The Morgan fingerprint density at radius 1 is 1.35 bits per heavy atom. The third kappa shape index (κ3) is 5.26. The maximum absolute atomic E-state index is 12.7. The van der Waals surface area contributed by atoms with Gasteiger partial charge < -0.3 is 14.8 Å². The maximum atomic E-state index is 12.7. The Kier molecular flexibility index (Phi) is 7.56. The molecule has 1 rings (SSSR count). The second-order valence-electron chi connectivity index (χ2n) is 5.60. The number of hydrogen-bond acceptors (Lipinski definition) is 4. The first-order valence-corrected chi connectivity index (χ1v) is 8.04. The van der Waals surface area contributed by atoms with Crippen molar-refractivity contribution in [2.75, 3.05) is 19.0 Å². The highest BCUT2D eigenvalue weighted by Crippen LogP contribution is 2.25. The van der Waals surface area contributed by atoms with Crippen LogP contribution in [0.3, 0.4) is 0 Å². The number of nitriles is 1. The maximum Gasteiger partial charge on any atom is 0.256 e. The fourth-order valence-corrected chi connectivity index (χ4v) is 2.39. The van der Waals surface area contributed by atoms with Crippen molar-refractivity contribution in [3.05, 3.63) is 23.8 Å².